The summed E-state index contributed by atoms with van der Waals surface area (Å²) in [4.78, 5) is 11.2. The molecular formula is C11H11IN2O. The largest absolute Gasteiger partial charge is 0.376 e. The lowest BCUT2D eigenvalue weighted by molar-refractivity contribution is -0.119. The fourth-order valence-corrected chi connectivity index (χ4v) is 1.32. The highest BCUT2D eigenvalue weighted by Gasteiger charge is 1.98. The summed E-state index contributed by atoms with van der Waals surface area (Å²) in [6, 6.07) is 7.80. The number of rotatable bonds is 4. The van der Waals surface area contributed by atoms with Crippen LogP contribution < -0.4 is 10.6 Å². The molecule has 0 aromatic heterocycles. The highest BCUT2D eigenvalue weighted by Crippen LogP contribution is 2.10. The number of terminal acetylenes is 1. The van der Waals surface area contributed by atoms with Crippen molar-refractivity contribution in [1.82, 2.24) is 5.32 Å². The van der Waals surface area contributed by atoms with Gasteiger partial charge in [0.15, 0.2) is 0 Å². The van der Waals surface area contributed by atoms with Crippen LogP contribution in [0.4, 0.5) is 5.69 Å². The molecule has 0 fully saturated rings. The van der Waals surface area contributed by atoms with Crippen molar-refractivity contribution in [2.45, 2.75) is 0 Å². The van der Waals surface area contributed by atoms with E-state index in [9.17, 15) is 4.79 Å². The van der Waals surface area contributed by atoms with Gasteiger partial charge < -0.3 is 10.6 Å². The molecule has 0 saturated heterocycles. The van der Waals surface area contributed by atoms with Crippen LogP contribution in [-0.4, -0.2) is 19.0 Å². The van der Waals surface area contributed by atoms with Gasteiger partial charge in [-0.3, -0.25) is 4.79 Å². The van der Waals surface area contributed by atoms with Gasteiger partial charge in [-0.25, -0.2) is 0 Å². The van der Waals surface area contributed by atoms with Crippen molar-refractivity contribution in [2.75, 3.05) is 18.4 Å². The number of amides is 1. The van der Waals surface area contributed by atoms with Crippen LogP contribution in [0.1, 0.15) is 0 Å². The second-order valence-corrected chi connectivity index (χ2v) is 4.09. The topological polar surface area (TPSA) is 41.1 Å². The Morgan fingerprint density at radius 1 is 1.40 bits per heavy atom. The summed E-state index contributed by atoms with van der Waals surface area (Å²) in [5.41, 5.74) is 0.922. The van der Waals surface area contributed by atoms with Crippen LogP contribution in [0.2, 0.25) is 0 Å². The normalized spacial score (nSPS) is 9.07. The summed E-state index contributed by atoms with van der Waals surface area (Å²) in [5, 5.41) is 5.57. The third kappa shape index (κ3) is 4.70. The molecule has 15 heavy (non-hydrogen) atoms. The van der Waals surface area contributed by atoms with Crippen LogP contribution in [0.3, 0.4) is 0 Å². The molecule has 1 aromatic carbocycles. The molecule has 3 nitrogen and oxygen atoms in total. The average Bonchev–Trinajstić information content (AvgIpc) is 2.25. The number of carbonyl (C=O) groups excluding carboxylic acids is 1. The zero-order valence-corrected chi connectivity index (χ0v) is 10.2. The lowest BCUT2D eigenvalue weighted by Gasteiger charge is -2.05. The summed E-state index contributed by atoms with van der Waals surface area (Å²) in [7, 11) is 0. The fraction of sp³-hybridized carbons (Fsp3) is 0.182. The first-order chi connectivity index (χ1) is 7.22. The molecule has 0 aliphatic rings. The van der Waals surface area contributed by atoms with Gasteiger partial charge in [-0.1, -0.05) is 5.92 Å². The van der Waals surface area contributed by atoms with E-state index in [0.717, 1.165) is 9.26 Å². The smallest absolute Gasteiger partial charge is 0.240 e. The predicted molar refractivity (Wildman–Crippen MR) is 69.5 cm³/mol. The summed E-state index contributed by atoms with van der Waals surface area (Å²) in [6.45, 7) is 0.509. The van der Waals surface area contributed by atoms with Crippen molar-refractivity contribution >= 4 is 34.2 Å². The van der Waals surface area contributed by atoms with Crippen LogP contribution in [-0.2, 0) is 4.79 Å². The molecule has 1 aromatic rings. The van der Waals surface area contributed by atoms with Gasteiger partial charge in [0, 0.05) is 9.26 Å². The van der Waals surface area contributed by atoms with E-state index in [2.05, 4.69) is 39.1 Å². The number of benzene rings is 1. The number of hydrogen-bond acceptors (Lipinski definition) is 2. The standard InChI is InChI=1S/C11H11IN2O/c1-2-7-13-11(15)8-14-10-5-3-9(12)4-6-10/h1,3-6,14H,7-8H2,(H,13,15). The molecule has 0 aliphatic heterocycles. The van der Waals surface area contributed by atoms with Crippen molar-refractivity contribution in [2.24, 2.45) is 0 Å². The zero-order chi connectivity index (χ0) is 11.1. The van der Waals surface area contributed by atoms with Gasteiger partial charge >= 0.3 is 0 Å². The molecule has 0 heterocycles. The molecule has 0 unspecified atom stereocenters. The minimum absolute atomic E-state index is 0.105. The molecule has 0 saturated carbocycles. The van der Waals surface area contributed by atoms with Gasteiger partial charge in [0.25, 0.3) is 0 Å². The first-order valence-electron chi connectivity index (χ1n) is 4.42. The van der Waals surface area contributed by atoms with E-state index in [4.69, 9.17) is 6.42 Å². The number of halogens is 1. The first kappa shape index (κ1) is 11.9. The molecule has 0 atom stereocenters. The minimum Gasteiger partial charge on any atom is -0.376 e. The molecule has 0 bridgehead atoms. The molecule has 0 spiro atoms. The number of hydrogen-bond donors (Lipinski definition) is 2. The Morgan fingerprint density at radius 3 is 2.67 bits per heavy atom. The summed E-state index contributed by atoms with van der Waals surface area (Å²) >= 11 is 2.23. The third-order valence-corrected chi connectivity index (χ3v) is 2.40. The Hall–Kier alpha value is -1.22. The van der Waals surface area contributed by atoms with Crippen molar-refractivity contribution in [3.63, 3.8) is 0 Å². The SMILES string of the molecule is C#CCNC(=O)CNc1ccc(I)cc1. The van der Waals surface area contributed by atoms with Gasteiger partial charge in [0.1, 0.15) is 0 Å². The number of nitrogens with one attached hydrogen (secondary N) is 2. The molecule has 0 radical (unpaired) electrons. The Kier molecular flexibility index (Phi) is 4.98. The Bertz CT molecular complexity index is 367. The van der Waals surface area contributed by atoms with Crippen LogP contribution >= 0.6 is 22.6 Å². The predicted octanol–water partition coefficient (Wildman–Crippen LogP) is 1.45. The van der Waals surface area contributed by atoms with Crippen molar-refractivity contribution in [3.05, 3.63) is 27.8 Å². The van der Waals surface area contributed by atoms with Gasteiger partial charge in [-0.15, -0.1) is 6.42 Å². The van der Waals surface area contributed by atoms with E-state index in [1.807, 2.05) is 24.3 Å². The van der Waals surface area contributed by atoms with E-state index in [1.54, 1.807) is 0 Å². The minimum atomic E-state index is -0.105. The summed E-state index contributed by atoms with van der Waals surface area (Å²) < 4.78 is 1.16. The quantitative estimate of drug-likeness (QED) is 0.652. The van der Waals surface area contributed by atoms with E-state index < -0.39 is 0 Å². The van der Waals surface area contributed by atoms with Crippen molar-refractivity contribution < 1.29 is 4.79 Å². The maximum Gasteiger partial charge on any atom is 0.240 e. The molecule has 1 amide bonds. The zero-order valence-electron chi connectivity index (χ0n) is 8.09. The molecule has 78 valence electrons. The van der Waals surface area contributed by atoms with Crippen molar-refractivity contribution in [3.8, 4) is 12.3 Å². The lowest BCUT2D eigenvalue weighted by Crippen LogP contribution is -2.29. The lowest BCUT2D eigenvalue weighted by atomic mass is 10.3. The molecule has 4 heteroatoms. The third-order valence-electron chi connectivity index (χ3n) is 1.68. The van der Waals surface area contributed by atoms with Crippen LogP contribution in [0.25, 0.3) is 0 Å². The summed E-state index contributed by atoms with van der Waals surface area (Å²) in [6.07, 6.45) is 5.01. The highest BCUT2D eigenvalue weighted by atomic mass is 127. The Morgan fingerprint density at radius 2 is 2.07 bits per heavy atom. The fourth-order valence-electron chi connectivity index (χ4n) is 0.962. The molecule has 1 rings (SSSR count). The molecular weight excluding hydrogens is 303 g/mol. The second-order valence-electron chi connectivity index (χ2n) is 2.84. The van der Waals surface area contributed by atoms with Gasteiger partial charge in [-0.2, -0.15) is 0 Å². The molecule has 2 N–H and O–H groups in total. The van der Waals surface area contributed by atoms with Crippen LogP contribution in [0.15, 0.2) is 24.3 Å². The second kappa shape index (κ2) is 6.30. The van der Waals surface area contributed by atoms with E-state index in [0.29, 0.717) is 0 Å². The Labute approximate surface area is 103 Å². The van der Waals surface area contributed by atoms with E-state index in [-0.39, 0.29) is 19.0 Å². The van der Waals surface area contributed by atoms with E-state index >= 15 is 0 Å². The van der Waals surface area contributed by atoms with Gasteiger partial charge in [-0.05, 0) is 46.9 Å². The van der Waals surface area contributed by atoms with Crippen LogP contribution in [0, 0.1) is 15.9 Å². The van der Waals surface area contributed by atoms with Crippen molar-refractivity contribution in [1.29, 1.82) is 0 Å². The number of anilines is 1. The average molecular weight is 314 g/mol. The summed E-state index contributed by atoms with van der Waals surface area (Å²) in [5.74, 6) is 2.24. The maximum absolute atomic E-state index is 11.2. The van der Waals surface area contributed by atoms with Gasteiger partial charge in [0.05, 0.1) is 13.1 Å². The van der Waals surface area contributed by atoms with Crippen LogP contribution in [0.5, 0.6) is 0 Å². The first-order valence-corrected chi connectivity index (χ1v) is 5.50. The number of carbonyl (C=O) groups is 1. The van der Waals surface area contributed by atoms with E-state index in [1.165, 1.54) is 0 Å². The Balaban J connectivity index is 2.34. The van der Waals surface area contributed by atoms with Gasteiger partial charge in [0.2, 0.25) is 5.91 Å². The molecule has 0 aliphatic carbocycles. The maximum atomic E-state index is 11.2. The highest BCUT2D eigenvalue weighted by molar-refractivity contribution is 14.1. The monoisotopic (exact) mass is 314 g/mol.